The van der Waals surface area contributed by atoms with Gasteiger partial charge in [-0.25, -0.2) is 4.68 Å². The first kappa shape index (κ1) is 16.7. The standard InChI is InChI=1S/C18H25N5OS/c1-3-15-14-7-11-25-16(14)6-10-22(15)18(24)17-12(2)23(21-20-17)13-4-8-19-9-5-13/h7,11,13,15,19H,3-6,8-10H2,1-2H3/t15-/m1/s1. The first-order chi connectivity index (χ1) is 12.2. The van der Waals surface area contributed by atoms with E-state index in [0.29, 0.717) is 11.7 Å². The van der Waals surface area contributed by atoms with Gasteiger partial charge in [0, 0.05) is 11.4 Å². The van der Waals surface area contributed by atoms with Gasteiger partial charge >= 0.3 is 0 Å². The SMILES string of the molecule is CC[C@@H]1c2ccsc2CCN1C(=O)c1nnn(C2CCNCC2)c1C. The van der Waals surface area contributed by atoms with E-state index in [-0.39, 0.29) is 11.9 Å². The van der Waals surface area contributed by atoms with Crippen molar-refractivity contribution in [3.8, 4) is 0 Å². The number of piperidine rings is 1. The zero-order valence-corrected chi connectivity index (χ0v) is 15.7. The summed E-state index contributed by atoms with van der Waals surface area (Å²) in [6, 6.07) is 2.68. The second-order valence-corrected chi connectivity index (χ2v) is 7.92. The van der Waals surface area contributed by atoms with Crippen molar-refractivity contribution in [1.82, 2.24) is 25.2 Å². The molecule has 1 atom stereocenters. The molecule has 0 aliphatic carbocycles. The number of nitrogens with zero attached hydrogens (tertiary/aromatic N) is 4. The van der Waals surface area contributed by atoms with E-state index >= 15 is 0 Å². The molecule has 2 aromatic heterocycles. The molecule has 0 radical (unpaired) electrons. The van der Waals surface area contributed by atoms with Crippen LogP contribution in [-0.4, -0.2) is 45.4 Å². The van der Waals surface area contributed by atoms with Crippen molar-refractivity contribution in [2.75, 3.05) is 19.6 Å². The van der Waals surface area contributed by atoms with Gasteiger partial charge in [0.2, 0.25) is 0 Å². The lowest BCUT2D eigenvalue weighted by Crippen LogP contribution is -2.39. The molecule has 2 aromatic rings. The Morgan fingerprint density at radius 2 is 2.20 bits per heavy atom. The lowest BCUT2D eigenvalue weighted by Gasteiger charge is -2.35. The number of carbonyl (C=O) groups excluding carboxylic acids is 1. The predicted octanol–water partition coefficient (Wildman–Crippen LogP) is 2.72. The summed E-state index contributed by atoms with van der Waals surface area (Å²) in [5.74, 6) is 0.0291. The van der Waals surface area contributed by atoms with Crippen molar-refractivity contribution < 1.29 is 4.79 Å². The van der Waals surface area contributed by atoms with E-state index in [0.717, 1.165) is 51.0 Å². The summed E-state index contributed by atoms with van der Waals surface area (Å²) in [6.45, 7) is 6.90. The van der Waals surface area contributed by atoms with Crippen LogP contribution >= 0.6 is 11.3 Å². The molecule has 6 nitrogen and oxygen atoms in total. The summed E-state index contributed by atoms with van der Waals surface area (Å²) in [4.78, 5) is 16.6. The number of carbonyl (C=O) groups is 1. The Morgan fingerprint density at radius 1 is 1.40 bits per heavy atom. The van der Waals surface area contributed by atoms with Crippen LogP contribution in [0.15, 0.2) is 11.4 Å². The predicted molar refractivity (Wildman–Crippen MR) is 98.0 cm³/mol. The van der Waals surface area contributed by atoms with Gasteiger partial charge in [0.25, 0.3) is 5.91 Å². The Hall–Kier alpha value is -1.73. The highest BCUT2D eigenvalue weighted by Crippen LogP contribution is 2.36. The normalized spacial score (nSPS) is 21.4. The van der Waals surface area contributed by atoms with Gasteiger partial charge in [-0.1, -0.05) is 12.1 Å². The van der Waals surface area contributed by atoms with E-state index in [2.05, 4.69) is 34.0 Å². The maximum atomic E-state index is 13.2. The van der Waals surface area contributed by atoms with Crippen molar-refractivity contribution in [3.05, 3.63) is 33.3 Å². The summed E-state index contributed by atoms with van der Waals surface area (Å²) in [5.41, 5.74) is 2.74. The Balaban J connectivity index is 1.60. The molecule has 2 aliphatic rings. The molecule has 4 heterocycles. The zero-order valence-electron chi connectivity index (χ0n) is 14.9. The van der Waals surface area contributed by atoms with Crippen LogP contribution in [0.2, 0.25) is 0 Å². The lowest BCUT2D eigenvalue weighted by molar-refractivity contribution is 0.0650. The molecule has 1 N–H and O–H groups in total. The fourth-order valence-electron chi connectivity index (χ4n) is 4.15. The summed E-state index contributed by atoms with van der Waals surface area (Å²) >= 11 is 1.80. The van der Waals surface area contributed by atoms with Crippen LogP contribution in [0.3, 0.4) is 0 Å². The molecular formula is C18H25N5OS. The smallest absolute Gasteiger partial charge is 0.276 e. The van der Waals surface area contributed by atoms with Gasteiger partial charge in [-0.2, -0.15) is 0 Å². The Labute approximate surface area is 152 Å². The lowest BCUT2D eigenvalue weighted by atomic mass is 9.97. The van der Waals surface area contributed by atoms with Crippen LogP contribution in [0.5, 0.6) is 0 Å². The van der Waals surface area contributed by atoms with E-state index in [9.17, 15) is 4.79 Å². The summed E-state index contributed by atoms with van der Waals surface area (Å²) < 4.78 is 1.97. The quantitative estimate of drug-likeness (QED) is 0.915. The number of hydrogen-bond acceptors (Lipinski definition) is 5. The number of rotatable bonds is 3. The topological polar surface area (TPSA) is 63.1 Å². The molecular weight excluding hydrogens is 334 g/mol. The third kappa shape index (κ3) is 2.89. The molecule has 0 unspecified atom stereocenters. The maximum Gasteiger partial charge on any atom is 0.276 e. The minimum absolute atomic E-state index is 0.0291. The molecule has 134 valence electrons. The van der Waals surface area contributed by atoms with E-state index in [4.69, 9.17) is 0 Å². The largest absolute Gasteiger partial charge is 0.330 e. The Morgan fingerprint density at radius 3 is 2.96 bits per heavy atom. The van der Waals surface area contributed by atoms with E-state index in [1.165, 1.54) is 10.4 Å². The highest BCUT2D eigenvalue weighted by Gasteiger charge is 2.33. The fourth-order valence-corrected chi connectivity index (χ4v) is 5.08. The fraction of sp³-hybridized carbons (Fsp3) is 0.611. The molecule has 1 saturated heterocycles. The number of aromatic nitrogens is 3. The van der Waals surface area contributed by atoms with Crippen molar-refractivity contribution >= 4 is 17.2 Å². The maximum absolute atomic E-state index is 13.2. The van der Waals surface area contributed by atoms with Gasteiger partial charge in [-0.15, -0.1) is 16.4 Å². The average Bonchev–Trinajstić information content (AvgIpc) is 3.27. The van der Waals surface area contributed by atoms with Crippen LogP contribution in [0.1, 0.15) is 64.9 Å². The summed E-state index contributed by atoms with van der Waals surface area (Å²) in [6.07, 6.45) is 3.95. The zero-order chi connectivity index (χ0) is 17.4. The molecule has 0 bridgehead atoms. The van der Waals surface area contributed by atoms with E-state index in [1.54, 1.807) is 11.3 Å². The minimum Gasteiger partial charge on any atom is -0.330 e. The molecule has 2 aliphatic heterocycles. The first-order valence-corrected chi connectivity index (χ1v) is 10.1. The summed E-state index contributed by atoms with van der Waals surface area (Å²) in [5, 5.41) is 14.1. The van der Waals surface area contributed by atoms with Gasteiger partial charge in [0.05, 0.1) is 17.8 Å². The highest BCUT2D eigenvalue weighted by atomic mass is 32.1. The average molecular weight is 359 g/mol. The number of nitrogens with one attached hydrogen (secondary N) is 1. The molecule has 1 fully saturated rings. The van der Waals surface area contributed by atoms with Crippen LogP contribution < -0.4 is 5.32 Å². The van der Waals surface area contributed by atoms with Crippen LogP contribution in [0, 0.1) is 6.92 Å². The molecule has 25 heavy (non-hydrogen) atoms. The Kier molecular flexibility index (Phi) is 4.60. The Bertz CT molecular complexity index is 761. The third-order valence-electron chi connectivity index (χ3n) is 5.53. The molecule has 0 spiro atoms. The molecule has 0 saturated carbocycles. The first-order valence-electron chi connectivity index (χ1n) is 9.20. The summed E-state index contributed by atoms with van der Waals surface area (Å²) in [7, 11) is 0. The minimum atomic E-state index is 0.0291. The van der Waals surface area contributed by atoms with E-state index in [1.807, 2.05) is 16.5 Å². The number of amides is 1. The number of thiophene rings is 1. The molecule has 4 rings (SSSR count). The van der Waals surface area contributed by atoms with Gasteiger partial charge in [-0.05, 0) is 62.7 Å². The van der Waals surface area contributed by atoms with Crippen molar-refractivity contribution in [2.24, 2.45) is 0 Å². The van der Waals surface area contributed by atoms with Crippen molar-refractivity contribution in [3.63, 3.8) is 0 Å². The number of fused-ring (bicyclic) bond motifs is 1. The van der Waals surface area contributed by atoms with Crippen LogP contribution in [-0.2, 0) is 6.42 Å². The van der Waals surface area contributed by atoms with E-state index < -0.39 is 0 Å². The number of hydrogen-bond donors (Lipinski definition) is 1. The van der Waals surface area contributed by atoms with Crippen LogP contribution in [0.4, 0.5) is 0 Å². The van der Waals surface area contributed by atoms with Gasteiger partial charge in [0.1, 0.15) is 0 Å². The van der Waals surface area contributed by atoms with Gasteiger partial charge in [-0.3, -0.25) is 4.79 Å². The molecule has 1 amide bonds. The van der Waals surface area contributed by atoms with Gasteiger partial charge < -0.3 is 10.2 Å². The second kappa shape index (κ2) is 6.88. The van der Waals surface area contributed by atoms with Crippen LogP contribution in [0.25, 0.3) is 0 Å². The van der Waals surface area contributed by atoms with Gasteiger partial charge in [0.15, 0.2) is 5.69 Å². The van der Waals surface area contributed by atoms with Crippen molar-refractivity contribution in [2.45, 2.75) is 51.6 Å². The highest BCUT2D eigenvalue weighted by molar-refractivity contribution is 7.10. The van der Waals surface area contributed by atoms with Crippen molar-refractivity contribution in [1.29, 1.82) is 0 Å². The third-order valence-corrected chi connectivity index (χ3v) is 6.52. The monoisotopic (exact) mass is 359 g/mol. The second-order valence-electron chi connectivity index (χ2n) is 6.92. The molecule has 0 aromatic carbocycles. The molecule has 7 heteroatoms.